The van der Waals surface area contributed by atoms with Crippen LogP contribution >= 0.6 is 11.6 Å². The van der Waals surface area contributed by atoms with Gasteiger partial charge < -0.3 is 24.7 Å². The van der Waals surface area contributed by atoms with Crippen molar-refractivity contribution in [1.82, 2.24) is 19.9 Å². The topological polar surface area (TPSA) is 109 Å². The molecule has 3 N–H and O–H groups in total. The number of aromatic nitrogens is 3. The standard InChI is InChI=1S/C28H26ClF3N4O4/c1-13-6-15(30)8-19(29)22(13)40-24-17(7-14(10-33-24)26(2,3)39)18-11-36(5)25(38)21-16(18)9-20(34-21)23(37)35-27(4)12-28(27,31)32/h6-11,34,39H,12H2,1-5H3,(H,35,37). The first-order valence-corrected chi connectivity index (χ1v) is 12.7. The number of pyridine rings is 2. The van der Waals surface area contributed by atoms with Crippen molar-refractivity contribution in [1.29, 1.82) is 0 Å². The van der Waals surface area contributed by atoms with E-state index in [1.807, 2.05) is 0 Å². The van der Waals surface area contributed by atoms with Gasteiger partial charge in [0.2, 0.25) is 5.88 Å². The van der Waals surface area contributed by atoms with Crippen molar-refractivity contribution in [3.8, 4) is 22.8 Å². The van der Waals surface area contributed by atoms with Crippen LogP contribution in [-0.2, 0) is 12.6 Å². The number of aryl methyl sites for hydroxylation is 2. The number of nitrogens with one attached hydrogen (secondary N) is 2. The molecule has 1 unspecified atom stereocenters. The fourth-order valence-corrected chi connectivity index (χ4v) is 4.79. The van der Waals surface area contributed by atoms with Gasteiger partial charge in [-0.25, -0.2) is 18.2 Å². The molecule has 8 nitrogen and oxygen atoms in total. The smallest absolute Gasteiger partial charge is 0.274 e. The number of halogens is 4. The lowest BCUT2D eigenvalue weighted by Gasteiger charge is -2.21. The van der Waals surface area contributed by atoms with Gasteiger partial charge in [-0.3, -0.25) is 9.59 Å². The number of fused-ring (bicyclic) bond motifs is 1. The zero-order valence-corrected chi connectivity index (χ0v) is 23.0. The van der Waals surface area contributed by atoms with Crippen LogP contribution in [0.3, 0.4) is 0 Å². The van der Waals surface area contributed by atoms with Crippen molar-refractivity contribution in [3.05, 3.63) is 74.7 Å². The van der Waals surface area contributed by atoms with Crippen LogP contribution in [0.5, 0.6) is 11.6 Å². The van der Waals surface area contributed by atoms with Crippen molar-refractivity contribution >= 4 is 28.4 Å². The number of hydrogen-bond acceptors (Lipinski definition) is 5. The number of carbonyl (C=O) groups excluding carboxylic acids is 1. The summed E-state index contributed by atoms with van der Waals surface area (Å²) in [7, 11) is 1.51. The first-order valence-electron chi connectivity index (χ1n) is 12.3. The number of ether oxygens (including phenoxy) is 1. The Morgan fingerprint density at radius 1 is 1.25 bits per heavy atom. The van der Waals surface area contributed by atoms with Gasteiger partial charge in [-0.2, -0.15) is 0 Å². The van der Waals surface area contributed by atoms with Gasteiger partial charge in [0, 0.05) is 47.9 Å². The number of hydrogen-bond donors (Lipinski definition) is 3. The SMILES string of the molecule is Cc1cc(F)cc(Cl)c1Oc1ncc(C(C)(C)O)cc1-c1cn(C)c(=O)c2[nH]c(C(=O)NC3(C)CC3(F)F)cc12. The molecule has 4 aromatic rings. The van der Waals surface area contributed by atoms with Gasteiger partial charge in [0.05, 0.1) is 10.6 Å². The first-order chi connectivity index (χ1) is 18.5. The largest absolute Gasteiger partial charge is 0.437 e. The lowest BCUT2D eigenvalue weighted by Crippen LogP contribution is -2.39. The molecule has 0 bridgehead atoms. The summed E-state index contributed by atoms with van der Waals surface area (Å²) in [5.41, 5.74) is -1.95. The molecular formula is C28H26ClF3N4O4. The minimum Gasteiger partial charge on any atom is -0.437 e. The maximum atomic E-state index is 13.9. The zero-order chi connectivity index (χ0) is 29.4. The van der Waals surface area contributed by atoms with Crippen LogP contribution in [0.1, 0.15) is 48.8 Å². The number of benzene rings is 1. The highest BCUT2D eigenvalue weighted by atomic mass is 35.5. The van der Waals surface area contributed by atoms with Gasteiger partial charge in [-0.1, -0.05) is 11.6 Å². The molecule has 210 valence electrons. The molecule has 0 saturated heterocycles. The number of nitrogens with zero attached hydrogens (tertiary/aromatic N) is 2. The normalized spacial score (nSPS) is 18.1. The third-order valence-electron chi connectivity index (χ3n) is 7.10. The quantitative estimate of drug-likeness (QED) is 0.279. The Bertz CT molecular complexity index is 1740. The third kappa shape index (κ3) is 4.73. The molecule has 1 aromatic carbocycles. The summed E-state index contributed by atoms with van der Waals surface area (Å²) in [5, 5.41) is 13.3. The van der Waals surface area contributed by atoms with Crippen molar-refractivity contribution in [2.75, 3.05) is 0 Å². The highest BCUT2D eigenvalue weighted by Gasteiger charge is 2.69. The van der Waals surface area contributed by atoms with Crippen molar-refractivity contribution < 1.29 is 27.8 Å². The number of amides is 1. The van der Waals surface area contributed by atoms with Crippen molar-refractivity contribution in [2.45, 2.75) is 51.2 Å². The number of rotatable bonds is 6. The predicted molar refractivity (Wildman–Crippen MR) is 144 cm³/mol. The fraction of sp³-hybridized carbons (Fsp3) is 0.321. The van der Waals surface area contributed by atoms with E-state index < -0.39 is 40.8 Å². The predicted octanol–water partition coefficient (Wildman–Crippen LogP) is 5.58. The van der Waals surface area contributed by atoms with E-state index in [1.165, 1.54) is 43.1 Å². The molecule has 3 aromatic heterocycles. The van der Waals surface area contributed by atoms with Crippen LogP contribution in [0.25, 0.3) is 22.0 Å². The van der Waals surface area contributed by atoms with E-state index in [1.54, 1.807) is 26.8 Å². The van der Waals surface area contributed by atoms with Gasteiger partial charge in [0.25, 0.3) is 17.4 Å². The Kier molecular flexibility index (Phi) is 6.31. The Morgan fingerprint density at radius 3 is 2.52 bits per heavy atom. The second kappa shape index (κ2) is 9.10. The van der Waals surface area contributed by atoms with Gasteiger partial charge in [0.1, 0.15) is 22.6 Å². The number of alkyl halides is 2. The van der Waals surface area contributed by atoms with Crippen LogP contribution in [0.4, 0.5) is 13.2 Å². The summed E-state index contributed by atoms with van der Waals surface area (Å²) in [5.74, 6) is -4.18. The molecule has 3 heterocycles. The monoisotopic (exact) mass is 574 g/mol. The fourth-order valence-electron chi connectivity index (χ4n) is 4.50. The van der Waals surface area contributed by atoms with E-state index in [2.05, 4.69) is 15.3 Å². The summed E-state index contributed by atoms with van der Waals surface area (Å²) in [6.07, 6.45) is 2.44. The molecule has 40 heavy (non-hydrogen) atoms. The first kappa shape index (κ1) is 27.7. The maximum absolute atomic E-state index is 13.9. The lowest BCUT2D eigenvalue weighted by molar-refractivity contribution is 0.0709. The molecule has 0 spiro atoms. The average Bonchev–Trinajstić information content (AvgIpc) is 3.15. The molecule has 1 fully saturated rings. The van der Waals surface area contributed by atoms with Gasteiger partial charge in [0.15, 0.2) is 5.75 Å². The van der Waals surface area contributed by atoms with Crippen LogP contribution < -0.4 is 15.6 Å². The summed E-state index contributed by atoms with van der Waals surface area (Å²) in [4.78, 5) is 33.1. The van der Waals surface area contributed by atoms with E-state index in [-0.39, 0.29) is 27.9 Å². The summed E-state index contributed by atoms with van der Waals surface area (Å²) in [6, 6.07) is 5.35. The number of carbonyl (C=O) groups is 1. The Balaban J connectivity index is 1.69. The van der Waals surface area contributed by atoms with Crippen LogP contribution in [-0.4, -0.2) is 37.0 Å². The van der Waals surface area contributed by atoms with E-state index in [0.717, 1.165) is 6.07 Å². The highest BCUT2D eigenvalue weighted by Crippen LogP contribution is 2.52. The van der Waals surface area contributed by atoms with Crippen LogP contribution in [0.2, 0.25) is 5.02 Å². The van der Waals surface area contributed by atoms with Crippen LogP contribution in [0.15, 0.2) is 41.5 Å². The minimum atomic E-state index is -3.02. The molecule has 0 aliphatic heterocycles. The summed E-state index contributed by atoms with van der Waals surface area (Å²) in [6.45, 7) is 6.00. The summed E-state index contributed by atoms with van der Waals surface area (Å²) < 4.78 is 48.7. The van der Waals surface area contributed by atoms with Crippen molar-refractivity contribution in [3.63, 3.8) is 0 Å². The molecule has 5 rings (SSSR count). The Hall–Kier alpha value is -3.83. The van der Waals surface area contributed by atoms with Gasteiger partial charge >= 0.3 is 0 Å². The van der Waals surface area contributed by atoms with E-state index >= 15 is 0 Å². The van der Waals surface area contributed by atoms with E-state index in [0.29, 0.717) is 27.6 Å². The molecule has 1 aliphatic carbocycles. The van der Waals surface area contributed by atoms with E-state index in [9.17, 15) is 27.9 Å². The van der Waals surface area contributed by atoms with Crippen molar-refractivity contribution in [2.24, 2.45) is 7.05 Å². The molecule has 1 aliphatic rings. The molecule has 0 radical (unpaired) electrons. The second-order valence-electron chi connectivity index (χ2n) is 10.9. The molecular weight excluding hydrogens is 549 g/mol. The van der Waals surface area contributed by atoms with Crippen LogP contribution in [0, 0.1) is 12.7 Å². The molecule has 1 amide bonds. The Labute approximate surface area is 231 Å². The third-order valence-corrected chi connectivity index (χ3v) is 7.38. The highest BCUT2D eigenvalue weighted by molar-refractivity contribution is 6.32. The second-order valence-corrected chi connectivity index (χ2v) is 11.3. The number of H-pyrrole nitrogens is 1. The number of aromatic amines is 1. The van der Waals surface area contributed by atoms with Gasteiger partial charge in [-0.15, -0.1) is 0 Å². The maximum Gasteiger partial charge on any atom is 0.274 e. The molecule has 12 heteroatoms. The van der Waals surface area contributed by atoms with Gasteiger partial charge in [-0.05, 0) is 57.5 Å². The molecule has 1 atom stereocenters. The summed E-state index contributed by atoms with van der Waals surface area (Å²) >= 11 is 6.26. The zero-order valence-electron chi connectivity index (χ0n) is 22.2. The average molecular weight is 575 g/mol. The lowest BCUT2D eigenvalue weighted by atomic mass is 9.96. The molecule has 1 saturated carbocycles. The van der Waals surface area contributed by atoms with E-state index in [4.69, 9.17) is 16.3 Å². The number of aliphatic hydroxyl groups is 1. The minimum absolute atomic E-state index is 0.00778. The Morgan fingerprint density at radius 2 is 1.93 bits per heavy atom.